The van der Waals surface area contributed by atoms with Crippen molar-refractivity contribution in [3.05, 3.63) is 59.2 Å². The van der Waals surface area contributed by atoms with Gasteiger partial charge in [0.25, 0.3) is 0 Å². The molecule has 0 unspecified atom stereocenters. The van der Waals surface area contributed by atoms with Crippen molar-refractivity contribution < 1.29 is 4.79 Å². The summed E-state index contributed by atoms with van der Waals surface area (Å²) in [6.07, 6.45) is 1.95. The van der Waals surface area contributed by atoms with Crippen LogP contribution in [0.15, 0.2) is 48.0 Å². The highest BCUT2D eigenvalue weighted by Crippen LogP contribution is 2.26. The van der Waals surface area contributed by atoms with Crippen molar-refractivity contribution in [3.8, 4) is 0 Å². The van der Waals surface area contributed by atoms with Gasteiger partial charge >= 0.3 is 0 Å². The summed E-state index contributed by atoms with van der Waals surface area (Å²) in [6, 6.07) is 11.7. The number of carbonyl (C=O) groups excluding carboxylic acids is 1. The zero-order chi connectivity index (χ0) is 17.9. The van der Waals surface area contributed by atoms with Crippen LogP contribution in [-0.2, 0) is 11.2 Å². The summed E-state index contributed by atoms with van der Waals surface area (Å²) in [5.41, 5.74) is 2.72. The zero-order valence-corrected chi connectivity index (χ0v) is 15.5. The van der Waals surface area contributed by atoms with Crippen LogP contribution in [0, 0.1) is 6.92 Å². The third-order valence-electron chi connectivity index (χ3n) is 3.58. The van der Waals surface area contributed by atoms with Gasteiger partial charge in [0.1, 0.15) is 5.82 Å². The van der Waals surface area contributed by atoms with E-state index in [1.54, 1.807) is 6.20 Å². The van der Waals surface area contributed by atoms with Gasteiger partial charge in [-0.2, -0.15) is 0 Å². The number of aromatic nitrogens is 3. The first-order valence-corrected chi connectivity index (χ1v) is 9.65. The number of anilines is 3. The number of amides is 1. The lowest BCUT2D eigenvalue weighted by Crippen LogP contribution is -2.14. The normalized spacial score (nSPS) is 10.8. The molecule has 8 heteroatoms. The quantitative estimate of drug-likeness (QED) is 0.536. The average Bonchev–Trinajstić information content (AvgIpc) is 3.20. The van der Waals surface area contributed by atoms with Crippen LogP contribution in [0.25, 0.3) is 10.2 Å². The van der Waals surface area contributed by atoms with Crippen molar-refractivity contribution >= 4 is 54.9 Å². The summed E-state index contributed by atoms with van der Waals surface area (Å²) in [4.78, 5) is 25.4. The van der Waals surface area contributed by atoms with Crippen LogP contribution < -0.4 is 10.6 Å². The molecule has 0 saturated carbocycles. The van der Waals surface area contributed by atoms with Gasteiger partial charge in [0.05, 0.1) is 22.3 Å². The molecule has 0 radical (unpaired) electrons. The molecule has 130 valence electrons. The Morgan fingerprint density at radius 2 is 2.04 bits per heavy atom. The largest absolute Gasteiger partial charge is 0.316 e. The number of thiazole rings is 2. The summed E-state index contributed by atoms with van der Waals surface area (Å²) in [6.45, 7) is 2.01. The monoisotopic (exact) mass is 381 g/mol. The summed E-state index contributed by atoms with van der Waals surface area (Å²) in [7, 11) is 0. The lowest BCUT2D eigenvalue weighted by Gasteiger charge is -2.02. The predicted octanol–water partition coefficient (Wildman–Crippen LogP) is 4.38. The maximum Gasteiger partial charge on any atom is 0.232 e. The van der Waals surface area contributed by atoms with Gasteiger partial charge in [0.2, 0.25) is 5.91 Å². The molecule has 0 aliphatic heterocycles. The Hall–Kier alpha value is -2.84. The van der Waals surface area contributed by atoms with Gasteiger partial charge in [-0.15, -0.1) is 11.3 Å². The summed E-state index contributed by atoms with van der Waals surface area (Å²) in [5, 5.41) is 9.20. The number of nitrogens with zero attached hydrogens (tertiary/aromatic N) is 3. The smallest absolute Gasteiger partial charge is 0.232 e. The van der Waals surface area contributed by atoms with Crippen molar-refractivity contribution in [1.29, 1.82) is 0 Å². The zero-order valence-electron chi connectivity index (χ0n) is 13.9. The third-order valence-corrected chi connectivity index (χ3v) is 5.34. The van der Waals surface area contributed by atoms with Gasteiger partial charge in [0.15, 0.2) is 10.3 Å². The number of nitrogens with one attached hydrogen (secondary N) is 2. The molecule has 0 saturated heterocycles. The van der Waals surface area contributed by atoms with E-state index in [4.69, 9.17) is 0 Å². The number of rotatable bonds is 5. The lowest BCUT2D eigenvalue weighted by molar-refractivity contribution is -0.115. The maximum atomic E-state index is 12.3. The van der Waals surface area contributed by atoms with E-state index in [1.165, 1.54) is 22.7 Å². The van der Waals surface area contributed by atoms with Crippen LogP contribution in [0.4, 0.5) is 16.1 Å². The second-order valence-electron chi connectivity index (χ2n) is 5.70. The number of hydrogen-bond acceptors (Lipinski definition) is 7. The fourth-order valence-electron chi connectivity index (χ4n) is 2.41. The highest BCUT2D eigenvalue weighted by atomic mass is 32.1. The molecule has 4 rings (SSSR count). The molecule has 0 fully saturated rings. The Balaban J connectivity index is 1.39. The molecule has 4 aromatic rings. The van der Waals surface area contributed by atoms with Crippen molar-refractivity contribution in [2.45, 2.75) is 13.3 Å². The molecule has 1 amide bonds. The first-order valence-electron chi connectivity index (χ1n) is 7.95. The molecular formula is C18H15N5OS2. The van der Waals surface area contributed by atoms with Gasteiger partial charge in [-0.1, -0.05) is 23.5 Å². The minimum atomic E-state index is -0.130. The maximum absolute atomic E-state index is 12.3. The van der Waals surface area contributed by atoms with Crippen molar-refractivity contribution in [2.24, 2.45) is 0 Å². The molecule has 3 heterocycles. The number of carbonyl (C=O) groups is 1. The number of para-hydroxylation sites is 1. The van der Waals surface area contributed by atoms with E-state index in [9.17, 15) is 4.79 Å². The molecule has 0 atom stereocenters. The van der Waals surface area contributed by atoms with E-state index in [0.29, 0.717) is 16.0 Å². The van der Waals surface area contributed by atoms with E-state index in [0.717, 1.165) is 21.6 Å². The second kappa shape index (κ2) is 7.19. The van der Waals surface area contributed by atoms with Crippen molar-refractivity contribution in [1.82, 2.24) is 15.0 Å². The standard InChI is InChI=1S/C18H15N5OS2/c1-11-6-7-19-15(8-11)22-17-20-12(10-25-17)9-16(24)23-18-21-13-4-2-3-5-14(13)26-18/h2-8,10H,9H2,1H3,(H,19,20,22)(H,21,23,24). The van der Waals surface area contributed by atoms with E-state index in [1.807, 2.05) is 48.7 Å². The topological polar surface area (TPSA) is 79.8 Å². The molecule has 0 aliphatic carbocycles. The molecule has 0 aliphatic rings. The molecule has 26 heavy (non-hydrogen) atoms. The van der Waals surface area contributed by atoms with E-state index < -0.39 is 0 Å². The van der Waals surface area contributed by atoms with Crippen molar-refractivity contribution in [2.75, 3.05) is 10.6 Å². The van der Waals surface area contributed by atoms with E-state index in [2.05, 4.69) is 25.6 Å². The fraction of sp³-hybridized carbons (Fsp3) is 0.111. The minimum absolute atomic E-state index is 0.130. The van der Waals surface area contributed by atoms with Gasteiger partial charge in [-0.25, -0.2) is 15.0 Å². The number of benzene rings is 1. The fourth-order valence-corrected chi connectivity index (χ4v) is 4.01. The first-order chi connectivity index (χ1) is 12.7. The Bertz CT molecular complexity index is 1040. The molecule has 1 aromatic carbocycles. The SMILES string of the molecule is Cc1ccnc(Nc2nc(CC(=O)Nc3nc4ccccc4s3)cs2)c1. The van der Waals surface area contributed by atoms with Crippen LogP contribution in [0.5, 0.6) is 0 Å². The highest BCUT2D eigenvalue weighted by Gasteiger charge is 2.11. The highest BCUT2D eigenvalue weighted by molar-refractivity contribution is 7.22. The summed E-state index contributed by atoms with van der Waals surface area (Å²) < 4.78 is 1.05. The van der Waals surface area contributed by atoms with Gasteiger partial charge in [0, 0.05) is 11.6 Å². The van der Waals surface area contributed by atoms with E-state index >= 15 is 0 Å². The van der Waals surface area contributed by atoms with Gasteiger partial charge < -0.3 is 10.6 Å². The van der Waals surface area contributed by atoms with Crippen LogP contribution >= 0.6 is 22.7 Å². The van der Waals surface area contributed by atoms with Crippen LogP contribution in [-0.4, -0.2) is 20.9 Å². The van der Waals surface area contributed by atoms with E-state index in [-0.39, 0.29) is 12.3 Å². The molecule has 3 aromatic heterocycles. The Labute approximate surface area is 158 Å². The van der Waals surface area contributed by atoms with Crippen LogP contribution in [0.1, 0.15) is 11.3 Å². The predicted molar refractivity (Wildman–Crippen MR) is 106 cm³/mol. The average molecular weight is 381 g/mol. The second-order valence-corrected chi connectivity index (χ2v) is 7.59. The molecular weight excluding hydrogens is 366 g/mol. The Morgan fingerprint density at radius 3 is 2.88 bits per heavy atom. The van der Waals surface area contributed by atoms with Gasteiger partial charge in [-0.3, -0.25) is 4.79 Å². The van der Waals surface area contributed by atoms with Crippen molar-refractivity contribution in [3.63, 3.8) is 0 Å². The number of aryl methyl sites for hydroxylation is 1. The minimum Gasteiger partial charge on any atom is -0.316 e. The molecule has 2 N–H and O–H groups in total. The summed E-state index contributed by atoms with van der Waals surface area (Å²) in [5.74, 6) is 0.611. The number of hydrogen-bond donors (Lipinski definition) is 2. The third kappa shape index (κ3) is 3.87. The Morgan fingerprint density at radius 1 is 1.15 bits per heavy atom. The molecule has 6 nitrogen and oxygen atoms in total. The number of fused-ring (bicyclic) bond motifs is 1. The lowest BCUT2D eigenvalue weighted by atomic mass is 10.3. The Kier molecular flexibility index (Phi) is 4.59. The molecule has 0 bridgehead atoms. The summed E-state index contributed by atoms with van der Waals surface area (Å²) >= 11 is 2.91. The number of pyridine rings is 1. The van der Waals surface area contributed by atoms with Crippen LogP contribution in [0.2, 0.25) is 0 Å². The first kappa shape index (κ1) is 16.6. The van der Waals surface area contributed by atoms with Crippen LogP contribution in [0.3, 0.4) is 0 Å². The molecule has 0 spiro atoms. The van der Waals surface area contributed by atoms with Gasteiger partial charge in [-0.05, 0) is 36.8 Å².